The van der Waals surface area contributed by atoms with Gasteiger partial charge in [-0.1, -0.05) is 65.8 Å². The summed E-state index contributed by atoms with van der Waals surface area (Å²) in [5.41, 5.74) is 15.6. The van der Waals surface area contributed by atoms with Gasteiger partial charge >= 0.3 is 0 Å². The first kappa shape index (κ1) is 29.5. The Labute approximate surface area is 244 Å². The van der Waals surface area contributed by atoms with Crippen molar-refractivity contribution in [2.45, 2.75) is 26.1 Å². The molecule has 0 aliphatic heterocycles. The monoisotopic (exact) mass is 567 g/mol. The number of primary amides is 1. The van der Waals surface area contributed by atoms with Crippen molar-refractivity contribution < 1.29 is 24.3 Å². The minimum absolute atomic E-state index is 0.0496. The zero-order valence-corrected chi connectivity index (χ0v) is 23.4. The summed E-state index contributed by atoms with van der Waals surface area (Å²) in [4.78, 5) is 27.4. The van der Waals surface area contributed by atoms with Gasteiger partial charge in [0.1, 0.15) is 12.6 Å². The topological polar surface area (TPSA) is 152 Å². The molecule has 0 saturated carbocycles. The van der Waals surface area contributed by atoms with Crippen LogP contribution in [-0.2, 0) is 22.7 Å². The van der Waals surface area contributed by atoms with Crippen LogP contribution in [0.5, 0.6) is 11.5 Å². The Morgan fingerprint density at radius 1 is 0.905 bits per heavy atom. The zero-order valence-electron chi connectivity index (χ0n) is 23.4. The Morgan fingerprint density at radius 2 is 1.52 bits per heavy atom. The molecule has 0 spiro atoms. The molecule has 1 atom stereocenters. The normalized spacial score (nSPS) is 11.8. The quantitative estimate of drug-likeness (QED) is 0.0847. The Kier molecular flexibility index (Phi) is 9.62. The van der Waals surface area contributed by atoms with E-state index in [1.807, 2.05) is 65.6 Å². The van der Waals surface area contributed by atoms with Crippen molar-refractivity contribution in [1.29, 1.82) is 0 Å². The highest BCUT2D eigenvalue weighted by molar-refractivity contribution is 5.97. The van der Waals surface area contributed by atoms with Crippen molar-refractivity contribution in [3.8, 4) is 11.5 Å². The van der Waals surface area contributed by atoms with Crippen LogP contribution < -0.4 is 31.2 Å². The largest absolute Gasteiger partial charge is 0.493 e. The second kappa shape index (κ2) is 13.7. The van der Waals surface area contributed by atoms with Crippen molar-refractivity contribution in [1.82, 2.24) is 0 Å². The molecular formula is C32H33N5O5. The molecule has 2 amide bonds. The number of hydrogen-bond donors (Lipinski definition) is 4. The van der Waals surface area contributed by atoms with E-state index in [0.29, 0.717) is 40.5 Å². The third-order valence-electron chi connectivity index (χ3n) is 6.56. The highest BCUT2D eigenvalue weighted by Gasteiger charge is 2.31. The first-order chi connectivity index (χ1) is 20.3. The lowest BCUT2D eigenvalue weighted by Crippen LogP contribution is -2.38. The fourth-order valence-corrected chi connectivity index (χ4v) is 4.58. The first-order valence-corrected chi connectivity index (χ1v) is 13.1. The molecule has 0 aliphatic rings. The van der Waals surface area contributed by atoms with Crippen LogP contribution in [0.1, 0.15) is 35.2 Å². The minimum Gasteiger partial charge on any atom is -0.493 e. The summed E-state index contributed by atoms with van der Waals surface area (Å²) in [7, 11) is 1.50. The highest BCUT2D eigenvalue weighted by atomic mass is 16.5. The Hall–Kier alpha value is -5.51. The summed E-state index contributed by atoms with van der Waals surface area (Å²) in [6.45, 7) is 1.94. The van der Waals surface area contributed by atoms with E-state index in [0.717, 1.165) is 11.1 Å². The number of carbonyl (C=O) groups is 2. The van der Waals surface area contributed by atoms with E-state index in [1.165, 1.54) is 14.0 Å². The van der Waals surface area contributed by atoms with Gasteiger partial charge in [0.25, 0.3) is 0 Å². The van der Waals surface area contributed by atoms with Crippen LogP contribution in [0.3, 0.4) is 0 Å². The van der Waals surface area contributed by atoms with Crippen molar-refractivity contribution in [3.63, 3.8) is 0 Å². The number of carbonyl (C=O) groups excluding carboxylic acids is 2. The number of methoxy groups -OCH3 is 1. The van der Waals surface area contributed by atoms with E-state index in [9.17, 15) is 9.59 Å². The molecule has 0 aliphatic carbocycles. The van der Waals surface area contributed by atoms with Gasteiger partial charge in [0.05, 0.1) is 12.8 Å². The third-order valence-corrected chi connectivity index (χ3v) is 6.56. The fraction of sp³-hybridized carbons (Fsp3) is 0.156. The van der Waals surface area contributed by atoms with Crippen molar-refractivity contribution >= 4 is 29.0 Å². The van der Waals surface area contributed by atoms with Crippen LogP contribution in [0.4, 0.5) is 11.4 Å². The number of rotatable bonds is 12. The maximum absolute atomic E-state index is 13.3. The van der Waals surface area contributed by atoms with Gasteiger partial charge in [-0.25, -0.2) is 0 Å². The standard InChI is InChI=1S/C32H33N5O5/c1-21(38)35-27-18-29(42-20-23-11-7-4-8-12-23)28(41-2)17-26(27)30(32(34)39)37(19-22-9-5-3-6-10-22)25-15-13-24(14-16-25)31(33)36-40/h3-18,30,40H,19-20H2,1-2H3,(H2,33,36)(H2,34,39)(H,35,38). The van der Waals surface area contributed by atoms with Gasteiger partial charge in [-0.3, -0.25) is 9.59 Å². The van der Waals surface area contributed by atoms with E-state index in [-0.39, 0.29) is 18.3 Å². The van der Waals surface area contributed by atoms with Crippen LogP contribution in [0.15, 0.2) is 102 Å². The van der Waals surface area contributed by atoms with E-state index >= 15 is 0 Å². The molecular weight excluding hydrogens is 534 g/mol. The summed E-state index contributed by atoms with van der Waals surface area (Å²) in [5.74, 6) is -0.293. The van der Waals surface area contributed by atoms with Gasteiger partial charge in [0, 0.05) is 36.3 Å². The molecule has 4 aromatic rings. The summed E-state index contributed by atoms with van der Waals surface area (Å²) in [5, 5.41) is 15.0. The molecule has 42 heavy (non-hydrogen) atoms. The van der Waals surface area contributed by atoms with Crippen molar-refractivity contribution in [3.05, 3.63) is 119 Å². The average molecular weight is 568 g/mol. The number of benzene rings is 4. The molecule has 216 valence electrons. The third kappa shape index (κ3) is 7.16. The number of ether oxygens (including phenoxy) is 2. The Morgan fingerprint density at radius 3 is 2.07 bits per heavy atom. The number of nitrogens with one attached hydrogen (secondary N) is 1. The summed E-state index contributed by atoms with van der Waals surface area (Å²) in [6, 6.07) is 28.3. The molecule has 0 bridgehead atoms. The van der Waals surface area contributed by atoms with Crippen LogP contribution in [0, 0.1) is 0 Å². The smallest absolute Gasteiger partial charge is 0.244 e. The van der Waals surface area contributed by atoms with E-state index in [4.69, 9.17) is 26.1 Å². The van der Waals surface area contributed by atoms with Crippen LogP contribution in [0.2, 0.25) is 0 Å². The number of nitrogens with zero attached hydrogens (tertiary/aromatic N) is 2. The molecule has 0 fully saturated rings. The van der Waals surface area contributed by atoms with Crippen LogP contribution >= 0.6 is 0 Å². The number of amides is 2. The maximum Gasteiger partial charge on any atom is 0.244 e. The molecule has 4 rings (SSSR count). The van der Waals surface area contributed by atoms with E-state index in [2.05, 4.69) is 10.5 Å². The van der Waals surface area contributed by atoms with E-state index < -0.39 is 11.9 Å². The molecule has 0 radical (unpaired) electrons. The maximum atomic E-state index is 13.3. The molecule has 0 heterocycles. The van der Waals surface area contributed by atoms with Crippen molar-refractivity contribution in [2.75, 3.05) is 17.3 Å². The van der Waals surface area contributed by atoms with Gasteiger partial charge in [0.15, 0.2) is 17.3 Å². The summed E-state index contributed by atoms with van der Waals surface area (Å²) < 4.78 is 11.7. The van der Waals surface area contributed by atoms with Gasteiger partial charge in [-0.05, 0) is 41.5 Å². The number of nitrogens with two attached hydrogens (primary N) is 2. The molecule has 4 aromatic carbocycles. The van der Waals surface area contributed by atoms with Gasteiger partial charge in [0.2, 0.25) is 11.8 Å². The number of oxime groups is 1. The molecule has 1 unspecified atom stereocenters. The number of hydrogen-bond acceptors (Lipinski definition) is 7. The van der Waals surface area contributed by atoms with Gasteiger partial charge in [-0.15, -0.1) is 0 Å². The van der Waals surface area contributed by atoms with Gasteiger partial charge in [-0.2, -0.15) is 0 Å². The number of amidine groups is 1. The average Bonchev–Trinajstić information content (AvgIpc) is 3.00. The highest BCUT2D eigenvalue weighted by Crippen LogP contribution is 2.40. The zero-order chi connectivity index (χ0) is 30.1. The predicted octanol–water partition coefficient (Wildman–Crippen LogP) is 4.56. The lowest BCUT2D eigenvalue weighted by molar-refractivity contribution is -0.119. The number of anilines is 2. The lowest BCUT2D eigenvalue weighted by atomic mass is 9.99. The lowest BCUT2D eigenvalue weighted by Gasteiger charge is -2.34. The first-order valence-electron chi connectivity index (χ1n) is 13.1. The van der Waals surface area contributed by atoms with E-state index in [1.54, 1.807) is 36.4 Å². The SMILES string of the molecule is COc1cc(C(C(N)=O)N(Cc2ccccc2)c2ccc(/C(N)=N/O)cc2)c(NC(C)=O)cc1OCc1ccccc1. The Balaban J connectivity index is 1.83. The predicted molar refractivity (Wildman–Crippen MR) is 162 cm³/mol. The molecule has 6 N–H and O–H groups in total. The van der Waals surface area contributed by atoms with Crippen LogP contribution in [0.25, 0.3) is 0 Å². The molecule has 0 saturated heterocycles. The second-order valence-corrected chi connectivity index (χ2v) is 9.50. The van der Waals surface area contributed by atoms with Crippen LogP contribution in [-0.4, -0.2) is 30.0 Å². The van der Waals surface area contributed by atoms with Gasteiger partial charge < -0.3 is 36.4 Å². The molecule has 0 aromatic heterocycles. The summed E-state index contributed by atoms with van der Waals surface area (Å²) >= 11 is 0. The molecule has 10 heteroatoms. The summed E-state index contributed by atoms with van der Waals surface area (Å²) in [6.07, 6.45) is 0. The Bertz CT molecular complexity index is 1540. The minimum atomic E-state index is -1.04. The molecule has 10 nitrogen and oxygen atoms in total. The fourth-order valence-electron chi connectivity index (χ4n) is 4.58. The second-order valence-electron chi connectivity index (χ2n) is 9.50. The van der Waals surface area contributed by atoms with Crippen molar-refractivity contribution in [2.24, 2.45) is 16.6 Å².